The number of thiazole rings is 1. The van der Waals surface area contributed by atoms with Crippen molar-refractivity contribution >= 4 is 17.2 Å². The van der Waals surface area contributed by atoms with Crippen LogP contribution in [0.1, 0.15) is 11.1 Å². The van der Waals surface area contributed by atoms with E-state index in [0.717, 1.165) is 32.9 Å². The quantitative estimate of drug-likeness (QED) is 0.407. The molecule has 2 aromatic heterocycles. The molecule has 4 nitrogen and oxygen atoms in total. The first-order valence-corrected chi connectivity index (χ1v) is 9.47. The van der Waals surface area contributed by atoms with Gasteiger partial charge in [0.2, 0.25) is 0 Å². The van der Waals surface area contributed by atoms with Crippen LogP contribution in [0.25, 0.3) is 16.9 Å². The van der Waals surface area contributed by atoms with E-state index in [4.69, 9.17) is 5.41 Å². The summed E-state index contributed by atoms with van der Waals surface area (Å²) in [6.07, 6.45) is 3.36. The van der Waals surface area contributed by atoms with Crippen LogP contribution in [0.15, 0.2) is 89.5 Å². The lowest BCUT2D eigenvalue weighted by Gasteiger charge is -2.12. The molecule has 132 valence electrons. The fraction of sp³-hybridized carbons (Fsp3) is 0.0455. The van der Waals surface area contributed by atoms with E-state index in [2.05, 4.69) is 51.1 Å². The maximum Gasteiger partial charge on any atom is 0.196 e. The number of nitrogens with one attached hydrogen (secondary N) is 1. The summed E-state index contributed by atoms with van der Waals surface area (Å²) in [6.45, 7) is 2.09. The Hall–Kier alpha value is -3.31. The van der Waals surface area contributed by atoms with Crippen LogP contribution < -0.4 is 4.80 Å². The number of aryl methyl sites for hydroxylation is 1. The van der Waals surface area contributed by atoms with Crippen molar-refractivity contribution in [1.29, 1.82) is 5.41 Å². The normalized spacial score (nSPS) is 11.5. The summed E-state index contributed by atoms with van der Waals surface area (Å²) in [6, 6.07) is 22.1. The molecular weight excluding hydrogens is 352 g/mol. The molecule has 0 atom stereocenters. The van der Waals surface area contributed by atoms with Crippen molar-refractivity contribution in [3.63, 3.8) is 0 Å². The summed E-state index contributed by atoms with van der Waals surface area (Å²) in [5.74, 6) is 0.223. The molecule has 0 aliphatic rings. The molecular formula is C22H18N4S. The van der Waals surface area contributed by atoms with Gasteiger partial charge >= 0.3 is 0 Å². The average Bonchev–Trinajstić information content (AvgIpc) is 3.13. The number of hydrogen-bond acceptors (Lipinski definition) is 3. The first-order valence-electron chi connectivity index (χ1n) is 8.59. The van der Waals surface area contributed by atoms with Crippen LogP contribution in [0.3, 0.4) is 0 Å². The molecule has 0 radical (unpaired) electrons. The molecule has 1 N–H and O–H groups in total. The highest BCUT2D eigenvalue weighted by molar-refractivity contribution is 7.07. The molecule has 0 saturated carbocycles. The Bertz CT molecular complexity index is 1140. The number of aromatic nitrogens is 2. The fourth-order valence-corrected chi connectivity index (χ4v) is 3.82. The van der Waals surface area contributed by atoms with E-state index in [1.807, 2.05) is 30.3 Å². The van der Waals surface area contributed by atoms with Crippen LogP contribution in [0.5, 0.6) is 0 Å². The summed E-state index contributed by atoms with van der Waals surface area (Å²) in [5, 5.41) is 10.5. The van der Waals surface area contributed by atoms with Crippen molar-refractivity contribution < 1.29 is 0 Å². The van der Waals surface area contributed by atoms with Crippen molar-refractivity contribution in [3.05, 3.63) is 100 Å². The lowest BCUT2D eigenvalue weighted by Crippen LogP contribution is -2.17. The highest BCUT2D eigenvalue weighted by atomic mass is 32.1. The number of rotatable bonds is 3. The van der Waals surface area contributed by atoms with Gasteiger partial charge in [0.15, 0.2) is 10.6 Å². The number of nitrogens with zero attached hydrogens (tertiary/aromatic N) is 3. The Kier molecular flexibility index (Phi) is 4.77. The third-order valence-corrected chi connectivity index (χ3v) is 5.12. The molecule has 27 heavy (non-hydrogen) atoms. The first kappa shape index (κ1) is 17.1. The second-order valence-electron chi connectivity index (χ2n) is 6.09. The van der Waals surface area contributed by atoms with Gasteiger partial charge in [0, 0.05) is 23.3 Å². The predicted octanol–water partition coefficient (Wildman–Crippen LogP) is 4.84. The summed E-state index contributed by atoms with van der Waals surface area (Å²) in [7, 11) is 0. The fourth-order valence-electron chi connectivity index (χ4n) is 2.92. The molecule has 0 spiro atoms. The van der Waals surface area contributed by atoms with E-state index in [1.54, 1.807) is 24.5 Å². The van der Waals surface area contributed by atoms with Crippen molar-refractivity contribution in [1.82, 2.24) is 9.55 Å². The van der Waals surface area contributed by atoms with Gasteiger partial charge in [0.25, 0.3) is 0 Å². The molecule has 2 aromatic carbocycles. The van der Waals surface area contributed by atoms with Crippen LogP contribution >= 0.6 is 11.3 Å². The topological polar surface area (TPSA) is 54.0 Å². The zero-order valence-corrected chi connectivity index (χ0v) is 15.6. The van der Waals surface area contributed by atoms with Gasteiger partial charge in [-0.3, -0.25) is 15.0 Å². The monoisotopic (exact) mass is 370 g/mol. The van der Waals surface area contributed by atoms with Gasteiger partial charge in [-0.15, -0.1) is 11.3 Å². The van der Waals surface area contributed by atoms with Gasteiger partial charge in [0.05, 0.1) is 11.4 Å². The van der Waals surface area contributed by atoms with E-state index in [9.17, 15) is 0 Å². The number of pyridine rings is 1. The lowest BCUT2D eigenvalue weighted by atomic mass is 10.1. The van der Waals surface area contributed by atoms with Gasteiger partial charge in [-0.1, -0.05) is 48.5 Å². The minimum atomic E-state index is 0.223. The van der Waals surface area contributed by atoms with Gasteiger partial charge in [-0.05, 0) is 36.2 Å². The van der Waals surface area contributed by atoms with Crippen molar-refractivity contribution in [2.45, 2.75) is 6.92 Å². The number of para-hydroxylation sites is 1. The molecule has 0 aliphatic heterocycles. The second-order valence-corrected chi connectivity index (χ2v) is 6.92. The summed E-state index contributed by atoms with van der Waals surface area (Å²) in [4.78, 5) is 9.41. The third-order valence-electron chi connectivity index (χ3n) is 4.30. The zero-order valence-electron chi connectivity index (χ0n) is 14.8. The molecule has 0 saturated heterocycles. The Labute approximate surface area is 161 Å². The van der Waals surface area contributed by atoms with Crippen molar-refractivity contribution in [3.8, 4) is 16.9 Å². The Morgan fingerprint density at radius 2 is 1.67 bits per heavy atom. The number of benzene rings is 2. The van der Waals surface area contributed by atoms with Gasteiger partial charge < -0.3 is 0 Å². The molecule has 0 aliphatic carbocycles. The maximum absolute atomic E-state index is 8.39. The van der Waals surface area contributed by atoms with Crippen LogP contribution in [-0.4, -0.2) is 15.4 Å². The average molecular weight is 370 g/mol. The molecule has 0 amide bonds. The highest BCUT2D eigenvalue weighted by Gasteiger charge is 2.12. The molecule has 0 bridgehead atoms. The summed E-state index contributed by atoms with van der Waals surface area (Å²) >= 11 is 1.54. The van der Waals surface area contributed by atoms with Crippen molar-refractivity contribution in [2.24, 2.45) is 4.99 Å². The molecule has 0 unspecified atom stereocenters. The van der Waals surface area contributed by atoms with Gasteiger partial charge in [0.1, 0.15) is 0 Å². The Balaban J connectivity index is 1.93. The molecule has 2 heterocycles. The van der Waals surface area contributed by atoms with Crippen LogP contribution in [0.2, 0.25) is 0 Å². The molecule has 4 rings (SSSR count). The van der Waals surface area contributed by atoms with E-state index >= 15 is 0 Å². The molecule has 0 fully saturated rings. The zero-order chi connectivity index (χ0) is 18.6. The van der Waals surface area contributed by atoms with Crippen molar-refractivity contribution in [2.75, 3.05) is 0 Å². The number of amidine groups is 1. The van der Waals surface area contributed by atoms with E-state index in [1.165, 1.54) is 11.3 Å². The predicted molar refractivity (Wildman–Crippen MR) is 110 cm³/mol. The number of hydrogen-bond donors (Lipinski definition) is 1. The SMILES string of the molecule is Cc1ccccc1-n1c(-c2ccccc2)csc1=NC(=N)c1ccncc1. The van der Waals surface area contributed by atoms with E-state index in [0.29, 0.717) is 0 Å². The molecule has 5 heteroatoms. The van der Waals surface area contributed by atoms with Crippen LogP contribution in [-0.2, 0) is 0 Å². The Morgan fingerprint density at radius 3 is 2.41 bits per heavy atom. The van der Waals surface area contributed by atoms with E-state index in [-0.39, 0.29) is 5.84 Å². The maximum atomic E-state index is 8.39. The first-order chi connectivity index (χ1) is 13.2. The van der Waals surface area contributed by atoms with Gasteiger partial charge in [-0.2, -0.15) is 0 Å². The highest BCUT2D eigenvalue weighted by Crippen LogP contribution is 2.24. The lowest BCUT2D eigenvalue weighted by molar-refractivity contribution is 1.00. The third kappa shape index (κ3) is 3.50. The van der Waals surface area contributed by atoms with Crippen LogP contribution in [0, 0.1) is 12.3 Å². The standard InChI is InChI=1S/C22H18N4S/c1-16-7-5-6-10-19(16)26-20(17-8-3-2-4-9-17)15-27-22(26)25-21(23)18-11-13-24-14-12-18/h2-15,23H,1H3. The Morgan fingerprint density at radius 1 is 0.963 bits per heavy atom. The van der Waals surface area contributed by atoms with Gasteiger partial charge in [-0.25, -0.2) is 4.99 Å². The van der Waals surface area contributed by atoms with Crippen LogP contribution in [0.4, 0.5) is 0 Å². The van der Waals surface area contributed by atoms with E-state index < -0.39 is 0 Å². The largest absolute Gasteiger partial charge is 0.285 e. The molecule has 4 aromatic rings. The smallest absolute Gasteiger partial charge is 0.196 e. The minimum Gasteiger partial charge on any atom is -0.285 e. The second kappa shape index (κ2) is 7.51. The summed E-state index contributed by atoms with van der Waals surface area (Å²) in [5.41, 5.74) is 5.16. The summed E-state index contributed by atoms with van der Waals surface area (Å²) < 4.78 is 2.13. The minimum absolute atomic E-state index is 0.223.